The van der Waals surface area contributed by atoms with Crippen LogP contribution in [0.2, 0.25) is 0 Å². The summed E-state index contributed by atoms with van der Waals surface area (Å²) >= 11 is 0. The minimum atomic E-state index is -0.981. The fourth-order valence-corrected chi connectivity index (χ4v) is 1.08. The Morgan fingerprint density at radius 1 is 1.57 bits per heavy atom. The molecule has 0 amide bonds. The van der Waals surface area contributed by atoms with Gasteiger partial charge in [-0.15, -0.1) is 0 Å². The first-order chi connectivity index (χ1) is 6.75. The molecular formula is C9H7N3O2. The van der Waals surface area contributed by atoms with Crippen molar-refractivity contribution >= 4 is 17.7 Å². The van der Waals surface area contributed by atoms with Gasteiger partial charge in [0.1, 0.15) is 0 Å². The number of nitrogens with zero attached hydrogens (tertiary/aromatic N) is 3. The van der Waals surface area contributed by atoms with Crippen molar-refractivity contribution in [1.29, 1.82) is 0 Å². The number of carboxylic acids is 1. The van der Waals surface area contributed by atoms with Gasteiger partial charge in [0.05, 0.1) is 6.20 Å². The van der Waals surface area contributed by atoms with Crippen molar-refractivity contribution in [3.05, 3.63) is 36.3 Å². The average molecular weight is 189 g/mol. The molecule has 2 heterocycles. The first-order valence-electron chi connectivity index (χ1n) is 3.96. The molecule has 0 aliphatic carbocycles. The Bertz CT molecular complexity index is 501. The summed E-state index contributed by atoms with van der Waals surface area (Å²) in [6, 6.07) is 1.77. The maximum atomic E-state index is 10.3. The highest BCUT2D eigenvalue weighted by Gasteiger charge is 1.95. The predicted octanol–water partition coefficient (Wildman–Crippen LogP) is 0.827. The van der Waals surface area contributed by atoms with E-state index < -0.39 is 5.97 Å². The molecule has 0 saturated heterocycles. The monoisotopic (exact) mass is 189 g/mol. The summed E-state index contributed by atoms with van der Waals surface area (Å²) in [6.45, 7) is 0. The number of fused-ring (bicyclic) bond motifs is 1. The third-order valence-electron chi connectivity index (χ3n) is 1.69. The van der Waals surface area contributed by atoms with Gasteiger partial charge in [-0.3, -0.25) is 0 Å². The molecule has 1 N–H and O–H groups in total. The standard InChI is InChI=1S/C9H7N3O2/c13-9(14)2-1-7-5-10-8-3-4-11-12(8)6-7/h1-6H,(H,13,14)/b2-1+. The molecule has 5 nitrogen and oxygen atoms in total. The van der Waals surface area contributed by atoms with Gasteiger partial charge in [0.15, 0.2) is 5.65 Å². The highest BCUT2D eigenvalue weighted by molar-refractivity contribution is 5.85. The van der Waals surface area contributed by atoms with Crippen molar-refractivity contribution < 1.29 is 9.90 Å². The summed E-state index contributed by atoms with van der Waals surface area (Å²) in [7, 11) is 0. The van der Waals surface area contributed by atoms with E-state index >= 15 is 0 Å². The van der Waals surface area contributed by atoms with E-state index in [1.807, 2.05) is 0 Å². The summed E-state index contributed by atoms with van der Waals surface area (Å²) in [5.41, 5.74) is 1.43. The molecular weight excluding hydrogens is 182 g/mol. The molecule has 14 heavy (non-hydrogen) atoms. The lowest BCUT2D eigenvalue weighted by molar-refractivity contribution is -0.131. The van der Waals surface area contributed by atoms with E-state index in [1.165, 1.54) is 6.08 Å². The zero-order valence-electron chi connectivity index (χ0n) is 7.16. The Morgan fingerprint density at radius 3 is 3.21 bits per heavy atom. The van der Waals surface area contributed by atoms with Crippen molar-refractivity contribution in [2.24, 2.45) is 0 Å². The van der Waals surface area contributed by atoms with Crippen LogP contribution >= 0.6 is 0 Å². The van der Waals surface area contributed by atoms with E-state index in [4.69, 9.17) is 5.11 Å². The topological polar surface area (TPSA) is 67.5 Å². The summed E-state index contributed by atoms with van der Waals surface area (Å²) in [6.07, 6.45) is 7.47. The van der Waals surface area contributed by atoms with E-state index in [1.54, 1.807) is 29.2 Å². The molecule has 0 unspecified atom stereocenters. The predicted molar refractivity (Wildman–Crippen MR) is 49.7 cm³/mol. The number of aromatic nitrogens is 3. The van der Waals surface area contributed by atoms with E-state index in [0.29, 0.717) is 5.56 Å². The minimum absolute atomic E-state index is 0.698. The maximum Gasteiger partial charge on any atom is 0.328 e. The molecule has 0 spiro atoms. The Balaban J connectivity index is 2.39. The minimum Gasteiger partial charge on any atom is -0.478 e. The lowest BCUT2D eigenvalue weighted by Crippen LogP contribution is -1.91. The van der Waals surface area contributed by atoms with Gasteiger partial charge in [0.2, 0.25) is 0 Å². The highest BCUT2D eigenvalue weighted by Crippen LogP contribution is 2.03. The van der Waals surface area contributed by atoms with Crippen LogP contribution in [-0.4, -0.2) is 25.7 Å². The number of carbonyl (C=O) groups is 1. The van der Waals surface area contributed by atoms with Crippen LogP contribution in [0.5, 0.6) is 0 Å². The summed E-state index contributed by atoms with van der Waals surface area (Å²) in [4.78, 5) is 14.3. The quantitative estimate of drug-likeness (QED) is 0.710. The van der Waals surface area contributed by atoms with Crippen molar-refractivity contribution in [1.82, 2.24) is 14.6 Å². The molecule has 2 rings (SSSR count). The molecule has 0 saturated carbocycles. The third kappa shape index (κ3) is 1.61. The van der Waals surface area contributed by atoms with Crippen LogP contribution in [0.4, 0.5) is 0 Å². The smallest absolute Gasteiger partial charge is 0.328 e. The fraction of sp³-hybridized carbons (Fsp3) is 0. The molecule has 0 bridgehead atoms. The van der Waals surface area contributed by atoms with E-state index in [9.17, 15) is 4.79 Å². The first-order valence-corrected chi connectivity index (χ1v) is 3.96. The summed E-state index contributed by atoms with van der Waals surface area (Å²) < 4.78 is 1.58. The molecule has 0 atom stereocenters. The van der Waals surface area contributed by atoms with Crippen molar-refractivity contribution in [2.75, 3.05) is 0 Å². The average Bonchev–Trinajstić information content (AvgIpc) is 2.61. The zero-order chi connectivity index (χ0) is 9.97. The van der Waals surface area contributed by atoms with Gasteiger partial charge in [0, 0.05) is 30.1 Å². The summed E-state index contributed by atoms with van der Waals surface area (Å²) in [5, 5.41) is 12.4. The number of rotatable bonds is 2. The Kier molecular flexibility index (Phi) is 1.98. The molecule has 0 aliphatic rings. The normalized spacial score (nSPS) is 11.1. The van der Waals surface area contributed by atoms with Gasteiger partial charge < -0.3 is 5.11 Å². The zero-order valence-corrected chi connectivity index (χ0v) is 7.16. The van der Waals surface area contributed by atoms with Gasteiger partial charge in [-0.05, 0) is 6.08 Å². The number of aliphatic carboxylic acids is 1. The lowest BCUT2D eigenvalue weighted by atomic mass is 10.3. The van der Waals surface area contributed by atoms with E-state index in [2.05, 4.69) is 10.1 Å². The summed E-state index contributed by atoms with van der Waals surface area (Å²) in [5.74, 6) is -0.981. The fourth-order valence-electron chi connectivity index (χ4n) is 1.08. The Hall–Kier alpha value is -2.17. The van der Waals surface area contributed by atoms with Crippen LogP contribution in [0.25, 0.3) is 11.7 Å². The second-order valence-electron chi connectivity index (χ2n) is 2.69. The van der Waals surface area contributed by atoms with E-state index in [-0.39, 0.29) is 0 Å². The first kappa shape index (κ1) is 8.43. The van der Waals surface area contributed by atoms with Gasteiger partial charge in [0.25, 0.3) is 0 Å². The molecule has 5 heteroatoms. The molecule has 0 aliphatic heterocycles. The third-order valence-corrected chi connectivity index (χ3v) is 1.69. The lowest BCUT2D eigenvalue weighted by Gasteiger charge is -1.94. The van der Waals surface area contributed by atoms with Gasteiger partial charge in [-0.2, -0.15) is 5.10 Å². The molecule has 0 radical (unpaired) electrons. The molecule has 2 aromatic rings. The van der Waals surface area contributed by atoms with Crippen LogP contribution in [0.3, 0.4) is 0 Å². The van der Waals surface area contributed by atoms with Gasteiger partial charge >= 0.3 is 5.97 Å². The Labute approximate surface area is 79.3 Å². The van der Waals surface area contributed by atoms with Gasteiger partial charge in [-0.1, -0.05) is 0 Å². The van der Waals surface area contributed by atoms with Crippen molar-refractivity contribution in [2.45, 2.75) is 0 Å². The second-order valence-corrected chi connectivity index (χ2v) is 2.69. The largest absolute Gasteiger partial charge is 0.478 e. The van der Waals surface area contributed by atoms with Crippen molar-refractivity contribution in [3.8, 4) is 0 Å². The van der Waals surface area contributed by atoms with Crippen LogP contribution in [0.15, 0.2) is 30.7 Å². The highest BCUT2D eigenvalue weighted by atomic mass is 16.4. The van der Waals surface area contributed by atoms with Crippen LogP contribution in [-0.2, 0) is 4.79 Å². The van der Waals surface area contributed by atoms with Crippen LogP contribution in [0, 0.1) is 0 Å². The second kappa shape index (κ2) is 3.29. The Morgan fingerprint density at radius 2 is 2.43 bits per heavy atom. The molecule has 0 fully saturated rings. The van der Waals surface area contributed by atoms with Gasteiger partial charge in [-0.25, -0.2) is 14.3 Å². The number of carboxylic acid groups (broad SMARTS) is 1. The van der Waals surface area contributed by atoms with Crippen LogP contribution in [0.1, 0.15) is 5.56 Å². The van der Waals surface area contributed by atoms with E-state index in [0.717, 1.165) is 11.7 Å². The van der Waals surface area contributed by atoms with Crippen molar-refractivity contribution in [3.63, 3.8) is 0 Å². The number of hydrogen-bond donors (Lipinski definition) is 1. The molecule has 70 valence electrons. The molecule has 0 aromatic carbocycles. The van der Waals surface area contributed by atoms with Crippen LogP contribution < -0.4 is 0 Å². The molecule has 2 aromatic heterocycles. The maximum absolute atomic E-state index is 10.3. The number of hydrogen-bond acceptors (Lipinski definition) is 3. The SMILES string of the molecule is O=C(O)/C=C/c1cnc2ccnn2c1.